The smallest absolute Gasteiger partial charge is 0.408 e. The Morgan fingerprint density at radius 1 is 0.851 bits per heavy atom. The monoisotopic (exact) mass is 657 g/mol. The summed E-state index contributed by atoms with van der Waals surface area (Å²) in [4.78, 5) is 51.7. The quantitative estimate of drug-likeness (QED) is 0.111. The standard InChI is InChI=1S/C35H55N5O7/c1-7-19-46-34(44)37-30(24(3)4)32(42)36-28(21-26-15-11-9-12-16-26)29(41)23-40(22-27-17-13-10-14-18-27)39-33(43)31(25(5)6)38-35(45)47-20-8-2/h7-9,11-12,15-16,24-25,27-31,41H,1-2,10,13-14,17-23H2,3-6H3,(H,36,42)(H,37,44)(H,38,45)(H,39,43)/t28?,29-,30-,31-/m0/s1. The van der Waals surface area contributed by atoms with Crippen LogP contribution in [-0.2, 0) is 25.5 Å². The molecule has 1 fully saturated rings. The molecule has 0 radical (unpaired) electrons. The number of benzene rings is 1. The molecule has 47 heavy (non-hydrogen) atoms. The van der Waals surface area contributed by atoms with E-state index in [0.29, 0.717) is 18.9 Å². The number of rotatable bonds is 19. The number of nitrogens with one attached hydrogen (secondary N) is 4. The van der Waals surface area contributed by atoms with Crippen molar-refractivity contribution in [3.05, 3.63) is 61.2 Å². The molecule has 12 heteroatoms. The number of ether oxygens (including phenoxy) is 2. The summed E-state index contributed by atoms with van der Waals surface area (Å²) in [5.74, 6) is -1.14. The Bertz CT molecular complexity index is 1140. The molecule has 262 valence electrons. The zero-order valence-electron chi connectivity index (χ0n) is 28.4. The van der Waals surface area contributed by atoms with Gasteiger partial charge in [-0.05, 0) is 42.6 Å². The van der Waals surface area contributed by atoms with Crippen LogP contribution in [0.2, 0.25) is 0 Å². The number of nitrogens with zero attached hydrogens (tertiary/aromatic N) is 1. The van der Waals surface area contributed by atoms with Gasteiger partial charge in [-0.15, -0.1) is 0 Å². The van der Waals surface area contributed by atoms with E-state index in [4.69, 9.17) is 9.47 Å². The van der Waals surface area contributed by atoms with Crippen LogP contribution in [0.1, 0.15) is 65.4 Å². The van der Waals surface area contributed by atoms with E-state index in [1.165, 1.54) is 12.2 Å². The number of hydrazine groups is 1. The van der Waals surface area contributed by atoms with E-state index in [2.05, 4.69) is 34.5 Å². The number of hydrogen-bond donors (Lipinski definition) is 5. The van der Waals surface area contributed by atoms with Crippen LogP contribution in [-0.4, -0.2) is 84.6 Å². The second-order valence-electron chi connectivity index (χ2n) is 12.8. The first-order valence-corrected chi connectivity index (χ1v) is 16.6. The van der Waals surface area contributed by atoms with Crippen molar-refractivity contribution < 1.29 is 33.8 Å². The number of amides is 4. The van der Waals surface area contributed by atoms with Crippen molar-refractivity contribution in [2.75, 3.05) is 26.3 Å². The van der Waals surface area contributed by atoms with Crippen LogP contribution in [0, 0.1) is 17.8 Å². The fraction of sp³-hybridized carbons (Fsp3) is 0.600. The first-order chi connectivity index (χ1) is 22.4. The van der Waals surface area contributed by atoms with E-state index >= 15 is 0 Å². The molecule has 2 rings (SSSR count). The lowest BCUT2D eigenvalue weighted by molar-refractivity contribution is -0.131. The lowest BCUT2D eigenvalue weighted by atomic mass is 9.89. The summed E-state index contributed by atoms with van der Waals surface area (Å²) in [5, 5.41) is 21.6. The van der Waals surface area contributed by atoms with Gasteiger partial charge < -0.3 is 30.5 Å². The van der Waals surface area contributed by atoms with Gasteiger partial charge in [0.25, 0.3) is 5.91 Å². The van der Waals surface area contributed by atoms with Crippen molar-refractivity contribution in [2.24, 2.45) is 17.8 Å². The minimum absolute atomic E-state index is 0.000637. The molecule has 4 atom stereocenters. The van der Waals surface area contributed by atoms with Gasteiger partial charge in [0.2, 0.25) is 5.91 Å². The molecule has 0 heterocycles. The molecule has 1 aliphatic rings. The molecule has 1 saturated carbocycles. The predicted molar refractivity (Wildman–Crippen MR) is 181 cm³/mol. The molecule has 4 amide bonds. The van der Waals surface area contributed by atoms with E-state index in [0.717, 1.165) is 37.7 Å². The molecule has 0 spiro atoms. The second-order valence-corrected chi connectivity index (χ2v) is 12.8. The van der Waals surface area contributed by atoms with Gasteiger partial charge in [-0.2, -0.15) is 0 Å². The maximum atomic E-state index is 13.6. The van der Waals surface area contributed by atoms with E-state index in [1.54, 1.807) is 18.9 Å². The molecule has 1 unspecified atom stereocenters. The number of carbonyl (C=O) groups is 4. The predicted octanol–water partition coefficient (Wildman–Crippen LogP) is 3.86. The molecular formula is C35H55N5O7. The summed E-state index contributed by atoms with van der Waals surface area (Å²) in [6.45, 7) is 14.8. The van der Waals surface area contributed by atoms with Gasteiger partial charge >= 0.3 is 12.2 Å². The van der Waals surface area contributed by atoms with Crippen LogP contribution < -0.4 is 21.4 Å². The largest absolute Gasteiger partial charge is 0.445 e. The van der Waals surface area contributed by atoms with Gasteiger partial charge in [-0.3, -0.25) is 15.0 Å². The second kappa shape index (κ2) is 21.1. The van der Waals surface area contributed by atoms with E-state index in [-0.39, 0.29) is 31.6 Å². The van der Waals surface area contributed by atoms with E-state index < -0.39 is 48.2 Å². The van der Waals surface area contributed by atoms with Crippen molar-refractivity contribution in [1.29, 1.82) is 0 Å². The first kappa shape index (κ1) is 39.3. The zero-order chi connectivity index (χ0) is 34.8. The van der Waals surface area contributed by atoms with Crippen LogP contribution >= 0.6 is 0 Å². The SMILES string of the molecule is C=CCOC(=O)N[C@H](C(=O)NC(Cc1ccccc1)[C@@H](O)CN(CC1CCCCC1)NC(=O)[C@@H](NC(=O)OCC=C)C(C)C)C(C)C. The molecule has 1 aromatic carbocycles. The Hall–Kier alpha value is -3.90. The van der Waals surface area contributed by atoms with Crippen LogP contribution in [0.3, 0.4) is 0 Å². The van der Waals surface area contributed by atoms with Gasteiger partial charge in [-0.25, -0.2) is 14.6 Å². The summed E-state index contributed by atoms with van der Waals surface area (Å²) in [6.07, 6.45) is 5.91. The van der Waals surface area contributed by atoms with Gasteiger partial charge in [0.15, 0.2) is 0 Å². The fourth-order valence-electron chi connectivity index (χ4n) is 5.53. The molecular weight excluding hydrogens is 602 g/mol. The third-order valence-electron chi connectivity index (χ3n) is 8.08. The average Bonchev–Trinajstić information content (AvgIpc) is 3.04. The Morgan fingerprint density at radius 2 is 1.38 bits per heavy atom. The molecule has 12 nitrogen and oxygen atoms in total. The molecule has 0 aliphatic heterocycles. The van der Waals surface area contributed by atoms with Crippen LogP contribution in [0.15, 0.2) is 55.6 Å². The van der Waals surface area contributed by atoms with Crippen LogP contribution in [0.5, 0.6) is 0 Å². The first-order valence-electron chi connectivity index (χ1n) is 16.6. The average molecular weight is 658 g/mol. The van der Waals surface area contributed by atoms with E-state index in [1.807, 2.05) is 44.2 Å². The minimum Gasteiger partial charge on any atom is -0.445 e. The van der Waals surface area contributed by atoms with Crippen molar-refractivity contribution in [3.63, 3.8) is 0 Å². The molecule has 0 aromatic heterocycles. The van der Waals surface area contributed by atoms with Crippen molar-refractivity contribution in [3.8, 4) is 0 Å². The molecule has 0 saturated heterocycles. The Morgan fingerprint density at radius 3 is 1.89 bits per heavy atom. The van der Waals surface area contributed by atoms with E-state index in [9.17, 15) is 24.3 Å². The van der Waals surface area contributed by atoms with Crippen LogP contribution in [0.25, 0.3) is 0 Å². The minimum atomic E-state index is -1.12. The number of carbonyl (C=O) groups excluding carboxylic acids is 4. The molecule has 1 aliphatic carbocycles. The summed E-state index contributed by atoms with van der Waals surface area (Å²) in [7, 11) is 0. The molecule has 5 N–H and O–H groups in total. The highest BCUT2D eigenvalue weighted by Gasteiger charge is 2.33. The Labute approximate surface area is 279 Å². The van der Waals surface area contributed by atoms with Crippen molar-refractivity contribution in [1.82, 2.24) is 26.4 Å². The highest BCUT2D eigenvalue weighted by Crippen LogP contribution is 2.24. The lowest BCUT2D eigenvalue weighted by Crippen LogP contribution is -2.60. The van der Waals surface area contributed by atoms with Crippen molar-refractivity contribution in [2.45, 2.75) is 90.4 Å². The normalized spacial score (nSPS) is 16.0. The number of aliphatic hydroxyl groups is 1. The third-order valence-corrected chi connectivity index (χ3v) is 8.08. The fourth-order valence-corrected chi connectivity index (χ4v) is 5.53. The number of alkyl carbamates (subject to hydrolysis) is 2. The van der Waals surface area contributed by atoms with Gasteiger partial charge in [-0.1, -0.05) is 103 Å². The summed E-state index contributed by atoms with van der Waals surface area (Å²) in [5.41, 5.74) is 3.84. The Balaban J connectivity index is 2.30. The maximum absolute atomic E-state index is 13.6. The van der Waals surface area contributed by atoms with Gasteiger partial charge in [0.1, 0.15) is 25.3 Å². The maximum Gasteiger partial charge on any atom is 0.408 e. The summed E-state index contributed by atoms with van der Waals surface area (Å²) < 4.78 is 10.1. The molecule has 1 aromatic rings. The summed E-state index contributed by atoms with van der Waals surface area (Å²) in [6, 6.07) is 6.87. The van der Waals surface area contributed by atoms with Crippen LogP contribution in [0.4, 0.5) is 9.59 Å². The lowest BCUT2D eigenvalue weighted by Gasteiger charge is -2.35. The summed E-state index contributed by atoms with van der Waals surface area (Å²) >= 11 is 0. The molecule has 0 bridgehead atoms. The number of hydrogen-bond acceptors (Lipinski definition) is 8. The number of aliphatic hydroxyl groups excluding tert-OH is 1. The highest BCUT2D eigenvalue weighted by molar-refractivity contribution is 5.86. The third kappa shape index (κ3) is 14.6. The topological polar surface area (TPSA) is 158 Å². The van der Waals surface area contributed by atoms with Gasteiger partial charge in [0.05, 0.1) is 12.1 Å². The van der Waals surface area contributed by atoms with Gasteiger partial charge in [0, 0.05) is 13.1 Å². The highest BCUT2D eigenvalue weighted by atomic mass is 16.6. The zero-order valence-corrected chi connectivity index (χ0v) is 28.4. The Kier molecular flexibility index (Phi) is 17.6. The van der Waals surface area contributed by atoms with Crippen molar-refractivity contribution >= 4 is 24.0 Å².